The molecule has 0 radical (unpaired) electrons. The van der Waals surface area contributed by atoms with Gasteiger partial charge in [0.2, 0.25) is 10.0 Å². The van der Waals surface area contributed by atoms with Crippen LogP contribution < -0.4 is 10.0 Å². The molecule has 1 amide bonds. The van der Waals surface area contributed by atoms with E-state index in [0.29, 0.717) is 22.7 Å². The Labute approximate surface area is 153 Å². The largest absolute Gasteiger partial charge is 0.350 e. The summed E-state index contributed by atoms with van der Waals surface area (Å²) in [7, 11) is -3.51. The highest BCUT2D eigenvalue weighted by Gasteiger charge is 2.13. The molecular weight excluding hydrogens is 360 g/mol. The predicted octanol–water partition coefficient (Wildman–Crippen LogP) is 3.46. The lowest BCUT2D eigenvalue weighted by Crippen LogP contribution is -2.30. The summed E-state index contributed by atoms with van der Waals surface area (Å²) < 4.78 is 26.9. The van der Waals surface area contributed by atoms with Gasteiger partial charge in [0, 0.05) is 22.3 Å². The first-order chi connectivity index (χ1) is 11.8. The Bertz CT molecular complexity index is 834. The Kier molecular flexibility index (Phi) is 6.45. The zero-order chi connectivity index (χ0) is 18.4. The van der Waals surface area contributed by atoms with Crippen LogP contribution in [0.5, 0.6) is 0 Å². The van der Waals surface area contributed by atoms with Crippen LogP contribution in [0.2, 0.25) is 5.02 Å². The summed E-state index contributed by atoms with van der Waals surface area (Å²) in [4.78, 5) is 11.9. The molecule has 0 aliphatic heterocycles. The van der Waals surface area contributed by atoms with Crippen LogP contribution in [0.25, 0.3) is 0 Å². The second-order valence-corrected chi connectivity index (χ2v) is 8.22. The molecule has 134 valence electrons. The topological polar surface area (TPSA) is 75.3 Å². The average Bonchev–Trinajstić information content (AvgIpc) is 2.54. The number of nitrogens with one attached hydrogen (secondary N) is 2. The van der Waals surface area contributed by atoms with Crippen molar-refractivity contribution >= 4 is 33.2 Å². The van der Waals surface area contributed by atoms with Gasteiger partial charge < -0.3 is 5.32 Å². The molecule has 0 bridgehead atoms. The monoisotopic (exact) mass is 380 g/mol. The third-order valence-corrected chi connectivity index (χ3v) is 5.10. The van der Waals surface area contributed by atoms with Crippen molar-refractivity contribution in [3.05, 3.63) is 64.7 Å². The maximum atomic E-state index is 12.2. The first-order valence-corrected chi connectivity index (χ1v) is 9.95. The zero-order valence-corrected chi connectivity index (χ0v) is 15.7. The predicted molar refractivity (Wildman–Crippen MR) is 102 cm³/mol. The summed E-state index contributed by atoms with van der Waals surface area (Å²) in [5.74, 6) is -0.269. The Hall–Kier alpha value is -2.05. The lowest BCUT2D eigenvalue weighted by atomic mass is 10.2. The molecule has 0 atom stereocenters. The minimum atomic E-state index is -3.51. The second kappa shape index (κ2) is 8.36. The van der Waals surface area contributed by atoms with Crippen LogP contribution in [0.3, 0.4) is 0 Å². The average molecular weight is 381 g/mol. The number of benzene rings is 2. The van der Waals surface area contributed by atoms with Crippen LogP contribution >= 0.6 is 11.6 Å². The van der Waals surface area contributed by atoms with Crippen LogP contribution in [0, 0.1) is 0 Å². The van der Waals surface area contributed by atoms with Crippen LogP contribution in [0.15, 0.2) is 48.5 Å². The fourth-order valence-electron chi connectivity index (χ4n) is 2.21. The van der Waals surface area contributed by atoms with Gasteiger partial charge in [-0.25, -0.2) is 8.42 Å². The third kappa shape index (κ3) is 6.07. The molecule has 25 heavy (non-hydrogen) atoms. The standard InChI is InChI=1S/C18H21ClN2O3S/c1-13(2)20-18(22)15-7-9-16(10-8-15)21-25(23,24)12-11-14-5-3-4-6-17(14)19/h3-10,13,21H,11-12H2,1-2H3,(H,20,22). The Morgan fingerprint density at radius 1 is 1.08 bits per heavy atom. The van der Waals surface area contributed by atoms with Gasteiger partial charge in [0.15, 0.2) is 0 Å². The van der Waals surface area contributed by atoms with Crippen molar-refractivity contribution in [1.29, 1.82) is 0 Å². The lowest BCUT2D eigenvalue weighted by Gasteiger charge is -2.11. The van der Waals surface area contributed by atoms with E-state index in [-0.39, 0.29) is 17.7 Å². The minimum absolute atomic E-state index is 0.0375. The molecule has 2 aromatic carbocycles. The van der Waals surface area contributed by atoms with E-state index in [4.69, 9.17) is 11.6 Å². The molecule has 2 aromatic rings. The smallest absolute Gasteiger partial charge is 0.251 e. The molecule has 2 N–H and O–H groups in total. The van der Waals surface area contributed by atoms with Gasteiger partial charge in [0.05, 0.1) is 5.75 Å². The van der Waals surface area contributed by atoms with Crippen molar-refractivity contribution in [3.63, 3.8) is 0 Å². The summed E-state index contributed by atoms with van der Waals surface area (Å²) >= 11 is 6.04. The molecule has 0 saturated carbocycles. The second-order valence-electron chi connectivity index (χ2n) is 5.97. The summed E-state index contributed by atoms with van der Waals surface area (Å²) in [5, 5.41) is 3.33. The van der Waals surface area contributed by atoms with E-state index in [9.17, 15) is 13.2 Å². The van der Waals surface area contributed by atoms with E-state index < -0.39 is 10.0 Å². The van der Waals surface area contributed by atoms with Crippen LogP contribution in [0.4, 0.5) is 5.69 Å². The number of hydrogen-bond donors (Lipinski definition) is 2. The van der Waals surface area contributed by atoms with E-state index in [2.05, 4.69) is 10.0 Å². The molecule has 0 saturated heterocycles. The Morgan fingerprint density at radius 3 is 2.32 bits per heavy atom. The molecule has 0 heterocycles. The third-order valence-electron chi connectivity index (χ3n) is 3.44. The number of anilines is 1. The van der Waals surface area contributed by atoms with Crippen molar-refractivity contribution in [2.45, 2.75) is 26.3 Å². The summed E-state index contributed by atoms with van der Waals surface area (Å²) in [5.41, 5.74) is 1.68. The summed E-state index contributed by atoms with van der Waals surface area (Å²) in [6, 6.07) is 13.5. The number of amides is 1. The zero-order valence-electron chi connectivity index (χ0n) is 14.1. The van der Waals surface area contributed by atoms with E-state index in [1.165, 1.54) is 0 Å². The first kappa shape index (κ1) is 19.3. The van der Waals surface area contributed by atoms with E-state index in [1.54, 1.807) is 42.5 Å². The van der Waals surface area contributed by atoms with E-state index in [1.807, 2.05) is 19.9 Å². The minimum Gasteiger partial charge on any atom is -0.350 e. The number of aryl methyl sites for hydroxylation is 1. The molecule has 7 heteroatoms. The quantitative estimate of drug-likeness (QED) is 0.772. The fourth-order valence-corrected chi connectivity index (χ4v) is 3.53. The number of sulfonamides is 1. The van der Waals surface area contributed by atoms with Gasteiger partial charge in [0.25, 0.3) is 5.91 Å². The summed E-state index contributed by atoms with van der Waals surface area (Å²) in [6.07, 6.45) is 0.323. The van der Waals surface area contributed by atoms with Crippen molar-refractivity contribution < 1.29 is 13.2 Å². The summed E-state index contributed by atoms with van der Waals surface area (Å²) in [6.45, 7) is 3.75. The molecule has 5 nitrogen and oxygen atoms in total. The fraction of sp³-hybridized carbons (Fsp3) is 0.278. The number of carbonyl (C=O) groups excluding carboxylic acids is 1. The van der Waals surface area contributed by atoms with Gasteiger partial charge >= 0.3 is 0 Å². The molecule has 0 unspecified atom stereocenters. The molecule has 0 fully saturated rings. The van der Waals surface area contributed by atoms with Gasteiger partial charge in [-0.15, -0.1) is 0 Å². The first-order valence-electron chi connectivity index (χ1n) is 7.91. The van der Waals surface area contributed by atoms with Gasteiger partial charge in [-0.1, -0.05) is 29.8 Å². The highest BCUT2D eigenvalue weighted by atomic mass is 35.5. The molecule has 0 aliphatic rings. The molecule has 2 rings (SSSR count). The highest BCUT2D eigenvalue weighted by molar-refractivity contribution is 7.92. The van der Waals surface area contributed by atoms with Crippen molar-refractivity contribution in [2.75, 3.05) is 10.5 Å². The van der Waals surface area contributed by atoms with Crippen molar-refractivity contribution in [2.24, 2.45) is 0 Å². The SMILES string of the molecule is CC(C)NC(=O)c1ccc(NS(=O)(=O)CCc2ccccc2Cl)cc1. The lowest BCUT2D eigenvalue weighted by molar-refractivity contribution is 0.0943. The molecule has 0 aliphatic carbocycles. The number of hydrogen-bond acceptors (Lipinski definition) is 3. The van der Waals surface area contributed by atoms with E-state index >= 15 is 0 Å². The molecule has 0 aromatic heterocycles. The Morgan fingerprint density at radius 2 is 1.72 bits per heavy atom. The highest BCUT2D eigenvalue weighted by Crippen LogP contribution is 2.17. The van der Waals surface area contributed by atoms with Crippen molar-refractivity contribution in [3.8, 4) is 0 Å². The maximum absolute atomic E-state index is 12.2. The van der Waals surface area contributed by atoms with Gasteiger partial charge in [-0.2, -0.15) is 0 Å². The Balaban J connectivity index is 1.98. The van der Waals surface area contributed by atoms with Crippen LogP contribution in [-0.2, 0) is 16.4 Å². The number of halogens is 1. The molecule has 0 spiro atoms. The van der Waals surface area contributed by atoms with Gasteiger partial charge in [-0.3, -0.25) is 9.52 Å². The molecular formula is C18H21ClN2O3S. The van der Waals surface area contributed by atoms with Gasteiger partial charge in [0.1, 0.15) is 0 Å². The maximum Gasteiger partial charge on any atom is 0.251 e. The normalized spacial score (nSPS) is 11.4. The van der Waals surface area contributed by atoms with Crippen LogP contribution in [0.1, 0.15) is 29.8 Å². The van der Waals surface area contributed by atoms with E-state index in [0.717, 1.165) is 5.56 Å². The van der Waals surface area contributed by atoms with Crippen LogP contribution in [-0.4, -0.2) is 26.1 Å². The van der Waals surface area contributed by atoms with Gasteiger partial charge in [-0.05, 0) is 56.2 Å². The number of carbonyl (C=O) groups is 1. The van der Waals surface area contributed by atoms with Crippen molar-refractivity contribution in [1.82, 2.24) is 5.32 Å². The number of rotatable bonds is 7.